The van der Waals surface area contributed by atoms with Crippen molar-refractivity contribution in [3.05, 3.63) is 36.1 Å². The maximum Gasteiger partial charge on any atom is 0.460 e. The number of ether oxygens (including phenoxy) is 2. The van der Waals surface area contributed by atoms with Crippen molar-refractivity contribution in [1.82, 2.24) is 0 Å². The number of hydrogen-bond donors (Lipinski definition) is 1. The molecule has 0 heterocycles. The molecule has 0 aliphatic rings. The smallest absolute Gasteiger partial charge is 0.449 e. The maximum atomic E-state index is 13.6. The van der Waals surface area contributed by atoms with E-state index < -0.39 is 47.6 Å². The lowest BCUT2D eigenvalue weighted by atomic mass is 10.0. The van der Waals surface area contributed by atoms with Crippen molar-refractivity contribution in [3.63, 3.8) is 0 Å². The number of carbonyl (C=O) groups is 1. The summed E-state index contributed by atoms with van der Waals surface area (Å²) in [6.45, 7) is 2.13. The first-order chi connectivity index (χ1) is 16.0. The third-order valence-corrected chi connectivity index (χ3v) is 4.38. The van der Waals surface area contributed by atoms with Crippen LogP contribution in [0.3, 0.4) is 0 Å². The average Bonchev–Trinajstić information content (AvgIpc) is 2.75. The second-order valence-corrected chi connectivity index (χ2v) is 7.11. The van der Waals surface area contributed by atoms with E-state index in [1.807, 2.05) is 6.92 Å². The van der Waals surface area contributed by atoms with Crippen LogP contribution in [0.4, 0.5) is 58.8 Å². The van der Waals surface area contributed by atoms with E-state index in [-0.39, 0.29) is 12.3 Å². The summed E-state index contributed by atoms with van der Waals surface area (Å²) in [5, 5.41) is 2.22. The number of rotatable bonds is 12. The minimum absolute atomic E-state index is 0.0140. The molecular weight excluding hydrogens is 511 g/mol. The quantitative estimate of drug-likeness (QED) is 0.168. The Balaban J connectivity index is 2.83. The first-order valence-electron chi connectivity index (χ1n) is 9.96. The van der Waals surface area contributed by atoms with Crippen LogP contribution < -0.4 is 10.1 Å². The maximum absolute atomic E-state index is 13.6. The van der Waals surface area contributed by atoms with E-state index in [0.29, 0.717) is 18.6 Å². The van der Waals surface area contributed by atoms with Crippen LogP contribution in [0, 0.1) is 0 Å². The van der Waals surface area contributed by atoms with Gasteiger partial charge in [-0.1, -0.05) is 32.6 Å². The molecule has 0 fully saturated rings. The van der Waals surface area contributed by atoms with Crippen LogP contribution in [0.1, 0.15) is 39.0 Å². The highest BCUT2D eigenvalue weighted by atomic mass is 19.4. The average molecular weight is 531 g/mol. The number of hydrogen-bond acceptors (Lipinski definition) is 3. The Morgan fingerprint density at radius 2 is 1.37 bits per heavy atom. The largest absolute Gasteiger partial charge is 0.460 e. The lowest BCUT2D eigenvalue weighted by molar-refractivity contribution is -0.392. The van der Waals surface area contributed by atoms with Crippen LogP contribution in [-0.4, -0.2) is 36.6 Å². The van der Waals surface area contributed by atoms with Gasteiger partial charge in [-0.15, -0.1) is 0 Å². The lowest BCUT2D eigenvalue weighted by Crippen LogP contribution is -2.61. The van der Waals surface area contributed by atoms with Gasteiger partial charge in [0.2, 0.25) is 5.83 Å². The summed E-state index contributed by atoms with van der Waals surface area (Å²) < 4.78 is 151. The molecule has 0 bridgehead atoms. The highest BCUT2D eigenvalue weighted by Gasteiger charge is 2.83. The van der Waals surface area contributed by atoms with Gasteiger partial charge in [-0.2, -0.15) is 48.3 Å². The second-order valence-electron chi connectivity index (χ2n) is 7.11. The molecule has 0 aliphatic carbocycles. The van der Waals surface area contributed by atoms with Crippen LogP contribution in [0.2, 0.25) is 0 Å². The molecule has 1 amide bonds. The number of benzene rings is 1. The zero-order valence-electron chi connectivity index (χ0n) is 17.9. The molecule has 15 heteroatoms. The van der Waals surface area contributed by atoms with E-state index in [1.165, 1.54) is 0 Å². The number of allylic oxidation sites excluding steroid dienone is 1. The normalized spacial score (nSPS) is 13.8. The minimum Gasteiger partial charge on any atom is -0.449 e. The number of anilines is 1. The molecule has 200 valence electrons. The van der Waals surface area contributed by atoms with Crippen LogP contribution in [0.5, 0.6) is 5.75 Å². The third kappa shape index (κ3) is 7.37. The molecule has 1 N–H and O–H groups in total. The molecule has 4 nitrogen and oxygen atoms in total. The summed E-state index contributed by atoms with van der Waals surface area (Å²) in [5.74, 6) is -26.6. The monoisotopic (exact) mass is 531 g/mol. The minimum atomic E-state index is -7.40. The van der Waals surface area contributed by atoms with Gasteiger partial charge in [0.15, 0.2) is 0 Å². The van der Waals surface area contributed by atoms with E-state index >= 15 is 0 Å². The number of amides is 1. The van der Waals surface area contributed by atoms with Gasteiger partial charge in [0.25, 0.3) is 0 Å². The summed E-state index contributed by atoms with van der Waals surface area (Å²) in [7, 11) is 0. The van der Waals surface area contributed by atoms with Crippen molar-refractivity contribution >= 4 is 11.8 Å². The summed E-state index contributed by atoms with van der Waals surface area (Å²) >= 11 is 0. The fourth-order valence-electron chi connectivity index (χ4n) is 2.42. The van der Waals surface area contributed by atoms with Crippen molar-refractivity contribution in [2.24, 2.45) is 0 Å². The van der Waals surface area contributed by atoms with Crippen molar-refractivity contribution in [2.75, 3.05) is 11.9 Å². The van der Waals surface area contributed by atoms with E-state index in [1.54, 1.807) is 0 Å². The van der Waals surface area contributed by atoms with Gasteiger partial charge >= 0.3 is 36.1 Å². The molecule has 0 saturated heterocycles. The first kappa shape index (κ1) is 30.3. The summed E-state index contributed by atoms with van der Waals surface area (Å²) in [6.07, 6.45) is -3.63. The Morgan fingerprint density at radius 1 is 0.829 bits per heavy atom. The predicted octanol–water partition coefficient (Wildman–Crippen LogP) is 8.16. The topological polar surface area (TPSA) is 47.6 Å². The van der Waals surface area contributed by atoms with Crippen LogP contribution in [0.25, 0.3) is 0 Å². The molecular formula is C20H20F11NO3. The SMILES string of the molecule is CCCCCCCOC(=O)Nc1ccc(OC(F)=C(F)C(F)(F)C(F)(F)C(F)(F)C(F)(F)F)cc1. The molecule has 1 rings (SSSR count). The Morgan fingerprint density at radius 3 is 1.89 bits per heavy atom. The summed E-state index contributed by atoms with van der Waals surface area (Å²) in [4.78, 5) is 11.6. The molecule has 1 aromatic carbocycles. The van der Waals surface area contributed by atoms with E-state index in [4.69, 9.17) is 4.74 Å². The molecule has 0 unspecified atom stereocenters. The van der Waals surface area contributed by atoms with E-state index in [2.05, 4.69) is 10.1 Å². The molecule has 0 aromatic heterocycles. The molecule has 0 saturated carbocycles. The van der Waals surface area contributed by atoms with Gasteiger partial charge in [0, 0.05) is 5.69 Å². The van der Waals surface area contributed by atoms with Crippen LogP contribution in [0.15, 0.2) is 36.1 Å². The Kier molecular flexibility index (Phi) is 10.2. The fourth-order valence-corrected chi connectivity index (χ4v) is 2.42. The predicted molar refractivity (Wildman–Crippen MR) is 101 cm³/mol. The number of alkyl halides is 9. The van der Waals surface area contributed by atoms with Gasteiger partial charge < -0.3 is 9.47 Å². The summed E-state index contributed by atoms with van der Waals surface area (Å²) in [6, 6.07) is 0.152. The number of halogens is 11. The van der Waals surface area contributed by atoms with Gasteiger partial charge in [-0.3, -0.25) is 5.32 Å². The number of carbonyl (C=O) groups excluding carboxylic acids is 1. The molecule has 0 aliphatic heterocycles. The lowest BCUT2D eigenvalue weighted by Gasteiger charge is -2.32. The molecule has 35 heavy (non-hydrogen) atoms. The number of unbranched alkanes of at least 4 members (excludes halogenated alkanes) is 4. The van der Waals surface area contributed by atoms with Crippen LogP contribution >= 0.6 is 0 Å². The zero-order valence-corrected chi connectivity index (χ0v) is 17.9. The zero-order chi connectivity index (χ0) is 27.1. The van der Waals surface area contributed by atoms with Gasteiger partial charge in [-0.25, -0.2) is 4.79 Å². The van der Waals surface area contributed by atoms with Gasteiger partial charge in [0.05, 0.1) is 6.61 Å². The van der Waals surface area contributed by atoms with Crippen molar-refractivity contribution in [3.8, 4) is 5.75 Å². The fraction of sp³-hybridized carbons (Fsp3) is 0.550. The van der Waals surface area contributed by atoms with Crippen molar-refractivity contribution in [2.45, 2.75) is 63.0 Å². The Labute approximate surface area is 192 Å². The number of nitrogens with one attached hydrogen (secondary N) is 1. The Bertz CT molecular complexity index is 868. The van der Waals surface area contributed by atoms with Gasteiger partial charge in [-0.05, 0) is 30.7 Å². The van der Waals surface area contributed by atoms with E-state index in [0.717, 1.165) is 37.8 Å². The summed E-state index contributed by atoms with van der Waals surface area (Å²) in [5.41, 5.74) is -0.0140. The second kappa shape index (κ2) is 11.8. The van der Waals surface area contributed by atoms with Gasteiger partial charge in [0.1, 0.15) is 5.75 Å². The highest BCUT2D eigenvalue weighted by Crippen LogP contribution is 2.55. The van der Waals surface area contributed by atoms with Crippen molar-refractivity contribution in [1.29, 1.82) is 0 Å². The first-order valence-corrected chi connectivity index (χ1v) is 9.96. The molecule has 0 atom stereocenters. The third-order valence-electron chi connectivity index (χ3n) is 4.38. The Hall–Kier alpha value is -2.74. The van der Waals surface area contributed by atoms with E-state index in [9.17, 15) is 53.1 Å². The highest BCUT2D eigenvalue weighted by molar-refractivity contribution is 5.84. The molecule has 0 spiro atoms. The molecule has 0 radical (unpaired) electrons. The molecule has 1 aromatic rings. The standard InChI is InChI=1S/C20H20F11NO3/c1-2-3-4-5-6-11-34-16(33)32-12-7-9-13(10-8-12)35-15(22)14(21)17(23,24)18(25,26)19(27,28)20(29,30)31/h7-10H,2-6,11H2,1H3,(H,32,33). The van der Waals surface area contributed by atoms with Crippen LogP contribution in [-0.2, 0) is 4.74 Å². The van der Waals surface area contributed by atoms with Crippen molar-refractivity contribution < 1.29 is 62.6 Å².